The van der Waals surface area contributed by atoms with E-state index in [1.54, 1.807) is 15.8 Å². The van der Waals surface area contributed by atoms with Crippen LogP contribution in [0.4, 0.5) is 5.82 Å². The average Bonchev–Trinajstić information content (AvgIpc) is 3.24. The van der Waals surface area contributed by atoms with Crippen molar-refractivity contribution in [1.82, 2.24) is 19.7 Å². The Labute approximate surface area is 194 Å². The van der Waals surface area contributed by atoms with Gasteiger partial charge in [-0.2, -0.15) is 9.78 Å². The highest BCUT2D eigenvalue weighted by molar-refractivity contribution is 5.96. The highest BCUT2D eigenvalue weighted by atomic mass is 16.2. The van der Waals surface area contributed by atoms with Crippen molar-refractivity contribution < 1.29 is 9.59 Å². The molecule has 0 radical (unpaired) electrons. The third kappa shape index (κ3) is 5.13. The zero-order chi connectivity index (χ0) is 23.6. The molecule has 0 aliphatic carbocycles. The van der Waals surface area contributed by atoms with Crippen LogP contribution in [0.15, 0.2) is 54.7 Å². The van der Waals surface area contributed by atoms with E-state index in [2.05, 4.69) is 31.1 Å². The van der Waals surface area contributed by atoms with Crippen molar-refractivity contribution in [3.05, 3.63) is 71.5 Å². The highest BCUT2D eigenvalue weighted by Gasteiger charge is 2.30. The van der Waals surface area contributed by atoms with Crippen molar-refractivity contribution in [3.63, 3.8) is 0 Å². The van der Waals surface area contributed by atoms with Gasteiger partial charge in [0.1, 0.15) is 5.82 Å². The number of amides is 2. The second-order valence-corrected chi connectivity index (χ2v) is 9.71. The fourth-order valence-corrected chi connectivity index (χ4v) is 3.97. The molecular formula is C26H31N5O2. The molecule has 1 atom stereocenters. The number of nitrogens with zero attached hydrogens (tertiary/aromatic N) is 4. The molecule has 1 unspecified atom stereocenters. The van der Waals surface area contributed by atoms with Gasteiger partial charge in [0, 0.05) is 36.3 Å². The van der Waals surface area contributed by atoms with E-state index in [0.717, 1.165) is 24.1 Å². The van der Waals surface area contributed by atoms with E-state index in [1.807, 2.05) is 55.5 Å². The molecule has 0 spiro atoms. The number of carbonyl (C=O) groups is 2. The molecule has 4 rings (SSSR count). The Kier molecular flexibility index (Phi) is 6.31. The normalized spacial score (nSPS) is 16.5. The van der Waals surface area contributed by atoms with Crippen molar-refractivity contribution >= 4 is 17.6 Å². The first-order valence-electron chi connectivity index (χ1n) is 11.4. The van der Waals surface area contributed by atoms with Crippen LogP contribution in [0, 0.1) is 12.8 Å². The Bertz CT molecular complexity index is 1130. The molecule has 0 bridgehead atoms. The van der Waals surface area contributed by atoms with Crippen LogP contribution in [0.1, 0.15) is 55.2 Å². The molecule has 7 nitrogen and oxygen atoms in total. The maximum atomic E-state index is 13.2. The predicted molar refractivity (Wildman–Crippen MR) is 128 cm³/mol. The molecule has 33 heavy (non-hydrogen) atoms. The van der Waals surface area contributed by atoms with Gasteiger partial charge >= 0.3 is 0 Å². The minimum Gasteiger partial charge on any atom is -0.338 e. The van der Waals surface area contributed by atoms with E-state index >= 15 is 0 Å². The van der Waals surface area contributed by atoms with Gasteiger partial charge in [-0.25, -0.2) is 4.98 Å². The summed E-state index contributed by atoms with van der Waals surface area (Å²) in [6, 6.07) is 15.1. The van der Waals surface area contributed by atoms with Crippen LogP contribution in [-0.2, 0) is 10.2 Å². The second-order valence-electron chi connectivity index (χ2n) is 9.71. The summed E-state index contributed by atoms with van der Waals surface area (Å²) in [5, 5.41) is 7.78. The SMILES string of the molecule is Cc1ccc(C(=O)N2CCCC(C(=O)Nc3cc(C(C)(C)C)nn3-c3ccccn3)C2)cc1. The summed E-state index contributed by atoms with van der Waals surface area (Å²) >= 11 is 0. The number of hydrogen-bond acceptors (Lipinski definition) is 4. The lowest BCUT2D eigenvalue weighted by molar-refractivity contribution is -0.121. The van der Waals surface area contributed by atoms with Crippen LogP contribution in [0.5, 0.6) is 0 Å². The molecule has 1 aromatic carbocycles. The van der Waals surface area contributed by atoms with Crippen LogP contribution in [0.25, 0.3) is 5.82 Å². The summed E-state index contributed by atoms with van der Waals surface area (Å²) in [5.41, 5.74) is 2.45. The fourth-order valence-electron chi connectivity index (χ4n) is 3.97. The van der Waals surface area contributed by atoms with Crippen LogP contribution >= 0.6 is 0 Å². The van der Waals surface area contributed by atoms with E-state index in [1.165, 1.54) is 0 Å². The molecule has 172 valence electrons. The van der Waals surface area contributed by atoms with Crippen LogP contribution in [0.2, 0.25) is 0 Å². The van der Waals surface area contributed by atoms with Gasteiger partial charge in [-0.05, 0) is 44.0 Å². The number of pyridine rings is 1. The first kappa shape index (κ1) is 22.7. The third-order valence-electron chi connectivity index (χ3n) is 5.97. The Balaban J connectivity index is 1.52. The van der Waals surface area contributed by atoms with Crippen molar-refractivity contribution in [1.29, 1.82) is 0 Å². The van der Waals surface area contributed by atoms with Crippen molar-refractivity contribution in [2.45, 2.75) is 46.0 Å². The smallest absolute Gasteiger partial charge is 0.253 e. The molecule has 2 amide bonds. The van der Waals surface area contributed by atoms with Crippen LogP contribution in [-0.4, -0.2) is 44.6 Å². The summed E-state index contributed by atoms with van der Waals surface area (Å²) in [5.74, 6) is 0.821. The topological polar surface area (TPSA) is 80.1 Å². The highest BCUT2D eigenvalue weighted by Crippen LogP contribution is 2.27. The van der Waals surface area contributed by atoms with Gasteiger partial charge in [0.25, 0.3) is 5.91 Å². The maximum absolute atomic E-state index is 13.2. The molecule has 3 aromatic rings. The number of benzene rings is 1. The number of aromatic nitrogens is 3. The van der Waals surface area contributed by atoms with Crippen molar-refractivity contribution in [2.24, 2.45) is 5.92 Å². The minimum absolute atomic E-state index is 0.0268. The number of likely N-dealkylation sites (tertiary alicyclic amines) is 1. The molecule has 2 aromatic heterocycles. The summed E-state index contributed by atoms with van der Waals surface area (Å²) in [7, 11) is 0. The second kappa shape index (κ2) is 9.17. The summed E-state index contributed by atoms with van der Waals surface area (Å²) in [4.78, 5) is 32.4. The predicted octanol–water partition coefficient (Wildman–Crippen LogP) is 4.36. The number of piperidine rings is 1. The molecule has 3 heterocycles. The molecule has 1 N–H and O–H groups in total. The third-order valence-corrected chi connectivity index (χ3v) is 5.97. The number of nitrogens with one attached hydrogen (secondary N) is 1. The van der Waals surface area contributed by atoms with Gasteiger partial charge in [0.05, 0.1) is 11.6 Å². The number of aryl methyl sites for hydroxylation is 1. The largest absolute Gasteiger partial charge is 0.338 e. The Morgan fingerprint density at radius 3 is 2.52 bits per heavy atom. The quantitative estimate of drug-likeness (QED) is 0.647. The monoisotopic (exact) mass is 445 g/mol. The van der Waals surface area contributed by atoms with E-state index in [0.29, 0.717) is 30.3 Å². The van der Waals surface area contributed by atoms with E-state index in [9.17, 15) is 9.59 Å². The minimum atomic E-state index is -0.279. The number of hydrogen-bond donors (Lipinski definition) is 1. The summed E-state index contributed by atoms with van der Waals surface area (Å²) in [6.07, 6.45) is 3.24. The summed E-state index contributed by atoms with van der Waals surface area (Å²) < 4.78 is 1.68. The van der Waals surface area contributed by atoms with Gasteiger partial charge in [0.15, 0.2) is 5.82 Å². The first-order valence-corrected chi connectivity index (χ1v) is 11.4. The zero-order valence-electron chi connectivity index (χ0n) is 19.7. The molecule has 7 heteroatoms. The Morgan fingerprint density at radius 1 is 1.09 bits per heavy atom. The van der Waals surface area contributed by atoms with Gasteiger partial charge in [-0.15, -0.1) is 0 Å². The van der Waals surface area contributed by atoms with Crippen molar-refractivity contribution in [2.75, 3.05) is 18.4 Å². The lowest BCUT2D eigenvalue weighted by Crippen LogP contribution is -2.43. The van der Waals surface area contributed by atoms with Crippen molar-refractivity contribution in [3.8, 4) is 5.82 Å². The average molecular weight is 446 g/mol. The van der Waals surface area contributed by atoms with E-state index in [-0.39, 0.29) is 23.1 Å². The lowest BCUT2D eigenvalue weighted by atomic mass is 9.92. The van der Waals surface area contributed by atoms with Gasteiger partial charge in [0.2, 0.25) is 5.91 Å². The van der Waals surface area contributed by atoms with Crippen LogP contribution < -0.4 is 5.32 Å². The van der Waals surface area contributed by atoms with E-state index in [4.69, 9.17) is 5.10 Å². The van der Waals surface area contributed by atoms with E-state index < -0.39 is 0 Å². The standard InChI is InChI=1S/C26H31N5O2/c1-18-10-12-19(13-11-18)25(33)30-15-7-8-20(17-30)24(32)28-23-16-21(26(2,3)4)29-31(23)22-9-5-6-14-27-22/h5-6,9-14,16,20H,7-8,15,17H2,1-4H3,(H,28,32). The number of anilines is 1. The molecule has 0 saturated carbocycles. The Hall–Kier alpha value is -3.48. The maximum Gasteiger partial charge on any atom is 0.253 e. The number of carbonyl (C=O) groups excluding carboxylic acids is 2. The van der Waals surface area contributed by atoms with Gasteiger partial charge < -0.3 is 10.2 Å². The molecule has 1 aliphatic rings. The number of rotatable bonds is 4. The summed E-state index contributed by atoms with van der Waals surface area (Å²) in [6.45, 7) is 9.31. The zero-order valence-corrected chi connectivity index (χ0v) is 19.7. The van der Waals surface area contributed by atoms with Crippen LogP contribution in [0.3, 0.4) is 0 Å². The lowest BCUT2D eigenvalue weighted by Gasteiger charge is -2.32. The molecule has 1 saturated heterocycles. The fraction of sp³-hybridized carbons (Fsp3) is 0.385. The van der Waals surface area contributed by atoms with Gasteiger partial charge in [-0.3, -0.25) is 9.59 Å². The molecular weight excluding hydrogens is 414 g/mol. The first-order chi connectivity index (χ1) is 15.7. The Morgan fingerprint density at radius 2 is 1.85 bits per heavy atom. The van der Waals surface area contributed by atoms with Gasteiger partial charge in [-0.1, -0.05) is 44.5 Å². The molecule has 1 fully saturated rings. The molecule has 1 aliphatic heterocycles.